The van der Waals surface area contributed by atoms with Crippen LogP contribution in [0.5, 0.6) is 5.75 Å². The molecule has 2 N–H and O–H groups in total. The Labute approximate surface area is 392 Å². The topological polar surface area (TPSA) is 142 Å². The molecule has 10 rings (SSSR count). The maximum atomic E-state index is 15.1. The van der Waals surface area contributed by atoms with Crippen LogP contribution in [0.15, 0.2) is 130 Å². The number of hydrogen-bond donors (Lipinski definition) is 2. The number of aliphatic hydroxyl groups excluding tert-OH is 2. The summed E-state index contributed by atoms with van der Waals surface area (Å²) in [5, 5.41) is 20.9. The fourth-order valence-corrected chi connectivity index (χ4v) is 11.3. The molecule has 0 spiro atoms. The number of esters is 2. The van der Waals surface area contributed by atoms with E-state index in [1.54, 1.807) is 20.1 Å². The summed E-state index contributed by atoms with van der Waals surface area (Å²) >= 11 is 0. The predicted molar refractivity (Wildman–Crippen MR) is 256 cm³/mol. The Hall–Kier alpha value is -5.81. The van der Waals surface area contributed by atoms with E-state index in [1.807, 2.05) is 25.1 Å². The van der Waals surface area contributed by atoms with E-state index in [2.05, 4.69) is 84.9 Å². The van der Waals surface area contributed by atoms with E-state index in [1.165, 1.54) is 16.7 Å². The van der Waals surface area contributed by atoms with E-state index in [0.29, 0.717) is 59.1 Å². The highest BCUT2D eigenvalue weighted by Crippen LogP contribution is 2.53. The first-order chi connectivity index (χ1) is 32.6. The van der Waals surface area contributed by atoms with Gasteiger partial charge in [0.05, 0.1) is 18.8 Å². The Bertz CT molecular complexity index is 2690. The van der Waals surface area contributed by atoms with Gasteiger partial charge in [0.25, 0.3) is 0 Å². The van der Waals surface area contributed by atoms with Gasteiger partial charge in [-0.15, -0.1) is 0 Å². The molecule has 10 nitrogen and oxygen atoms in total. The largest absolute Gasteiger partial charge is 0.483 e. The number of methoxy groups -OCH3 is 1. The summed E-state index contributed by atoms with van der Waals surface area (Å²) in [6.07, 6.45) is 8.44. The SMILES string of the molecule is COCC(CCO)c1cc2ccc3c(c2oc1=O)C1OC(=O)CC2CC(c4cccc(Cc5ccccc5)c4)C=CC2c2ccc(cc2)CCC(=C(C)CO)C(=O)OC1C(C)(C1CCCC1)O3. The van der Waals surface area contributed by atoms with Crippen molar-refractivity contribution in [3.05, 3.63) is 170 Å². The Kier molecular flexibility index (Phi) is 14.0. The van der Waals surface area contributed by atoms with Crippen LogP contribution in [-0.2, 0) is 36.6 Å². The zero-order valence-corrected chi connectivity index (χ0v) is 38.8. The van der Waals surface area contributed by atoms with Gasteiger partial charge in [-0.25, -0.2) is 9.59 Å². The molecule has 2 aliphatic carbocycles. The van der Waals surface area contributed by atoms with Crippen molar-refractivity contribution in [3.63, 3.8) is 0 Å². The van der Waals surface area contributed by atoms with Crippen LogP contribution < -0.4 is 10.4 Å². The van der Waals surface area contributed by atoms with Crippen LogP contribution in [0, 0.1) is 11.8 Å². The van der Waals surface area contributed by atoms with E-state index >= 15 is 4.79 Å². The lowest BCUT2D eigenvalue weighted by molar-refractivity contribution is -0.199. The number of fused-ring (bicyclic) bond motifs is 11. The highest BCUT2D eigenvalue weighted by atomic mass is 16.6. The van der Waals surface area contributed by atoms with Crippen molar-refractivity contribution in [2.45, 2.75) is 114 Å². The zero-order chi connectivity index (χ0) is 46.7. The molecule has 7 unspecified atom stereocenters. The molecule has 5 aromatic rings. The van der Waals surface area contributed by atoms with E-state index in [9.17, 15) is 19.8 Å². The van der Waals surface area contributed by atoms with Crippen LogP contribution in [0.3, 0.4) is 0 Å². The summed E-state index contributed by atoms with van der Waals surface area (Å²) in [6.45, 7) is 3.39. The average Bonchev–Trinajstić information content (AvgIpc) is 3.89. The highest BCUT2D eigenvalue weighted by molar-refractivity contribution is 5.90. The first kappa shape index (κ1) is 46.3. The molecule has 0 radical (unpaired) electrons. The van der Waals surface area contributed by atoms with Gasteiger partial charge < -0.3 is 33.6 Å². The van der Waals surface area contributed by atoms with Crippen LogP contribution >= 0.6 is 0 Å². The van der Waals surface area contributed by atoms with Gasteiger partial charge in [-0.3, -0.25) is 4.79 Å². The molecule has 0 saturated heterocycles. The normalized spacial score (nSPS) is 25.7. The Balaban J connectivity index is 1.16. The van der Waals surface area contributed by atoms with Gasteiger partial charge in [0.1, 0.15) is 16.9 Å². The molecule has 7 atom stereocenters. The van der Waals surface area contributed by atoms with Crippen molar-refractivity contribution in [1.82, 2.24) is 0 Å². The molecule has 1 saturated carbocycles. The maximum absolute atomic E-state index is 15.1. The van der Waals surface area contributed by atoms with Crippen LogP contribution in [-0.4, -0.2) is 60.8 Å². The molecule has 2 bridgehead atoms. The van der Waals surface area contributed by atoms with Gasteiger partial charge in [-0.05, 0) is 116 Å². The minimum Gasteiger partial charge on any atom is -0.483 e. The summed E-state index contributed by atoms with van der Waals surface area (Å²) in [5.74, 6) is -1.37. The zero-order valence-electron chi connectivity index (χ0n) is 38.8. The summed E-state index contributed by atoms with van der Waals surface area (Å²) < 4.78 is 32.2. The minimum absolute atomic E-state index is 0.0537. The molecule has 4 aromatic carbocycles. The number of ether oxygens (including phenoxy) is 4. The van der Waals surface area contributed by atoms with E-state index in [4.69, 9.17) is 23.4 Å². The van der Waals surface area contributed by atoms with Crippen molar-refractivity contribution < 1.29 is 43.2 Å². The standard InChI is InChI=1S/C57H62O10/c1-35(33-59)46-23-18-36-16-19-39(20-17-36)47-24-21-41(40-13-9-12-38(29-40)28-37-10-5-4-6-11-37)30-44(47)32-50(60)64-53-51-49(67-57(2,45-14-7-8-15-45)54(53)66-55(46)61)25-22-42-31-48(56(62)65-52(42)51)43(26-27-58)34-63-3/h4-6,9-13,16-17,19-22,24-25,29,31,41,43-45,47,53-54,58-59H,7-8,14-15,18,23,26-28,30,32-34H2,1-3H3. The van der Waals surface area contributed by atoms with Gasteiger partial charge in [-0.1, -0.05) is 104 Å². The maximum Gasteiger partial charge on any atom is 0.339 e. The van der Waals surface area contributed by atoms with Gasteiger partial charge in [-0.2, -0.15) is 0 Å². The number of rotatable bonds is 10. The lowest BCUT2D eigenvalue weighted by atomic mass is 9.72. The number of carbonyl (C=O) groups is 2. The molecule has 1 aromatic heterocycles. The molecular formula is C57H62O10. The van der Waals surface area contributed by atoms with Crippen molar-refractivity contribution in [2.75, 3.05) is 26.9 Å². The van der Waals surface area contributed by atoms with Gasteiger partial charge in [0.15, 0.2) is 12.2 Å². The molecule has 350 valence electrons. The molecule has 4 heterocycles. The number of allylic oxidation sites excluding steroid dienone is 2. The Morgan fingerprint density at radius 2 is 1.63 bits per heavy atom. The monoisotopic (exact) mass is 906 g/mol. The van der Waals surface area contributed by atoms with Crippen LogP contribution in [0.1, 0.15) is 128 Å². The first-order valence-corrected chi connectivity index (χ1v) is 24.1. The van der Waals surface area contributed by atoms with Crippen molar-refractivity contribution in [2.24, 2.45) is 11.8 Å². The Morgan fingerprint density at radius 3 is 2.37 bits per heavy atom. The lowest BCUT2D eigenvalue weighted by Crippen LogP contribution is -2.58. The average molecular weight is 907 g/mol. The van der Waals surface area contributed by atoms with Crippen LogP contribution in [0.4, 0.5) is 0 Å². The quantitative estimate of drug-likeness (QED) is 0.0602. The molecular weight excluding hydrogens is 845 g/mol. The highest BCUT2D eigenvalue weighted by Gasteiger charge is 2.57. The Morgan fingerprint density at radius 1 is 0.851 bits per heavy atom. The second-order valence-electron chi connectivity index (χ2n) is 19.3. The molecule has 3 aliphatic heterocycles. The smallest absolute Gasteiger partial charge is 0.339 e. The number of hydrogen-bond acceptors (Lipinski definition) is 10. The third-order valence-corrected chi connectivity index (χ3v) is 15.0. The van der Waals surface area contributed by atoms with Gasteiger partial charge in [0, 0.05) is 60.3 Å². The molecule has 67 heavy (non-hydrogen) atoms. The predicted octanol–water partition coefficient (Wildman–Crippen LogP) is 10.1. The summed E-state index contributed by atoms with van der Waals surface area (Å²) in [5.41, 5.74) is 5.69. The summed E-state index contributed by atoms with van der Waals surface area (Å²) in [4.78, 5) is 43.8. The first-order valence-electron chi connectivity index (χ1n) is 24.1. The molecule has 0 amide bonds. The number of carbonyl (C=O) groups excluding carboxylic acids is 2. The van der Waals surface area contributed by atoms with Gasteiger partial charge in [0.2, 0.25) is 0 Å². The number of aryl methyl sites for hydroxylation is 1. The van der Waals surface area contributed by atoms with Crippen molar-refractivity contribution in [1.29, 1.82) is 0 Å². The number of benzene rings is 4. The lowest BCUT2D eigenvalue weighted by Gasteiger charge is -2.48. The van der Waals surface area contributed by atoms with E-state index in [-0.39, 0.29) is 55.5 Å². The molecule has 5 aliphatic rings. The van der Waals surface area contributed by atoms with Crippen molar-refractivity contribution >= 4 is 22.9 Å². The molecule has 1 fully saturated rings. The second kappa shape index (κ2) is 20.2. The molecule has 10 heteroatoms. The van der Waals surface area contributed by atoms with E-state index in [0.717, 1.165) is 43.2 Å². The van der Waals surface area contributed by atoms with Crippen LogP contribution in [0.25, 0.3) is 11.0 Å². The van der Waals surface area contributed by atoms with E-state index < -0.39 is 41.3 Å². The summed E-state index contributed by atoms with van der Waals surface area (Å²) in [6, 6.07) is 33.0. The third-order valence-electron chi connectivity index (χ3n) is 15.0. The minimum atomic E-state index is -1.22. The fourth-order valence-electron chi connectivity index (χ4n) is 11.3. The van der Waals surface area contributed by atoms with Crippen molar-refractivity contribution in [3.8, 4) is 5.75 Å². The second-order valence-corrected chi connectivity index (χ2v) is 19.3. The third kappa shape index (κ3) is 9.67. The van der Waals surface area contributed by atoms with Crippen LogP contribution in [0.2, 0.25) is 0 Å². The fraction of sp³-hybridized carbons (Fsp3) is 0.421. The number of aliphatic hydroxyl groups is 2. The van der Waals surface area contributed by atoms with Gasteiger partial charge >= 0.3 is 17.6 Å². The summed E-state index contributed by atoms with van der Waals surface area (Å²) in [7, 11) is 1.54.